The van der Waals surface area contributed by atoms with Crippen molar-refractivity contribution in [1.29, 1.82) is 0 Å². The Bertz CT molecular complexity index is 423. The minimum Gasteiger partial charge on any atom is -0.471 e. The summed E-state index contributed by atoms with van der Waals surface area (Å²) in [5.74, 6) is -0.262. The number of carbonyl (C=O) groups is 1. The number of hydrogen-bond acceptors (Lipinski definition) is 6. The summed E-state index contributed by atoms with van der Waals surface area (Å²) in [5.41, 5.74) is 6.31. The minimum atomic E-state index is -0.482. The molecule has 1 heterocycles. The number of carbonyl (C=O) groups excluding carboxylic acids is 1. The van der Waals surface area contributed by atoms with Gasteiger partial charge in [-0.2, -0.15) is 0 Å². The molecule has 0 spiro atoms. The van der Waals surface area contributed by atoms with E-state index in [1.165, 1.54) is 12.3 Å². The lowest BCUT2D eigenvalue weighted by Crippen LogP contribution is -2.21. The fraction of sp³-hybridized carbons (Fsp3) is 0.538. The average Bonchev–Trinajstić information content (AvgIpc) is 2.39. The highest BCUT2D eigenvalue weighted by Crippen LogP contribution is 2.24. The first kappa shape index (κ1) is 15.2. The average molecular weight is 268 g/mol. The molecule has 1 rings (SSSR count). The molecule has 1 unspecified atom stereocenters. The fourth-order valence-electron chi connectivity index (χ4n) is 1.44. The van der Waals surface area contributed by atoms with Crippen LogP contribution in [-0.4, -0.2) is 36.9 Å². The summed E-state index contributed by atoms with van der Waals surface area (Å²) in [5, 5.41) is 0. The second kappa shape index (κ2) is 7.58. The maximum atomic E-state index is 11.7. The van der Waals surface area contributed by atoms with Crippen molar-refractivity contribution in [3.63, 3.8) is 0 Å². The molecule has 6 heteroatoms. The van der Waals surface area contributed by atoms with E-state index in [0.717, 1.165) is 0 Å². The third-order valence-electron chi connectivity index (χ3n) is 2.32. The van der Waals surface area contributed by atoms with E-state index < -0.39 is 5.97 Å². The molecule has 2 N–H and O–H groups in total. The molecule has 0 aliphatic rings. The zero-order valence-electron chi connectivity index (χ0n) is 11.5. The van der Waals surface area contributed by atoms with Crippen molar-refractivity contribution in [2.75, 3.05) is 25.6 Å². The third kappa shape index (κ3) is 4.40. The topological polar surface area (TPSA) is 83.7 Å². The number of hydrogen-bond donors (Lipinski definition) is 1. The molecular weight excluding hydrogens is 248 g/mol. The Labute approximate surface area is 112 Å². The van der Waals surface area contributed by atoms with Gasteiger partial charge in [0.05, 0.1) is 18.8 Å². The summed E-state index contributed by atoms with van der Waals surface area (Å²) >= 11 is 0. The van der Waals surface area contributed by atoms with E-state index in [1.54, 1.807) is 6.92 Å². The minimum absolute atomic E-state index is 0.185. The Morgan fingerprint density at radius 1 is 1.42 bits per heavy atom. The lowest BCUT2D eigenvalue weighted by atomic mass is 10.2. The predicted octanol–water partition coefficient (Wildman–Crippen LogP) is 1.64. The van der Waals surface area contributed by atoms with Crippen LogP contribution in [0.25, 0.3) is 0 Å². The molecule has 0 saturated carbocycles. The van der Waals surface area contributed by atoms with Gasteiger partial charge in [-0.3, -0.25) is 0 Å². The van der Waals surface area contributed by atoms with Crippen LogP contribution in [0.3, 0.4) is 0 Å². The number of rotatable bonds is 7. The Balaban J connectivity index is 2.79. The summed E-state index contributed by atoms with van der Waals surface area (Å²) in [7, 11) is 0. The van der Waals surface area contributed by atoms with E-state index in [9.17, 15) is 4.79 Å². The number of esters is 1. The Hall–Kier alpha value is -1.82. The first-order valence-electron chi connectivity index (χ1n) is 6.26. The van der Waals surface area contributed by atoms with Gasteiger partial charge in [-0.1, -0.05) is 0 Å². The van der Waals surface area contributed by atoms with Crippen LogP contribution < -0.4 is 10.5 Å². The van der Waals surface area contributed by atoms with Gasteiger partial charge < -0.3 is 19.9 Å². The van der Waals surface area contributed by atoms with Gasteiger partial charge in [-0.05, 0) is 26.8 Å². The molecule has 0 aliphatic carbocycles. The fourth-order valence-corrected chi connectivity index (χ4v) is 1.44. The van der Waals surface area contributed by atoms with Crippen molar-refractivity contribution < 1.29 is 19.0 Å². The van der Waals surface area contributed by atoms with Crippen LogP contribution >= 0.6 is 0 Å². The lowest BCUT2D eigenvalue weighted by molar-refractivity contribution is 0.0523. The van der Waals surface area contributed by atoms with E-state index in [2.05, 4.69) is 4.98 Å². The molecule has 0 aliphatic heterocycles. The Morgan fingerprint density at radius 3 is 2.79 bits per heavy atom. The quantitative estimate of drug-likeness (QED) is 0.757. The molecule has 0 fully saturated rings. The molecule has 0 radical (unpaired) electrons. The monoisotopic (exact) mass is 268 g/mol. The Kier molecular flexibility index (Phi) is 6.08. The molecule has 6 nitrogen and oxygen atoms in total. The zero-order chi connectivity index (χ0) is 14.3. The van der Waals surface area contributed by atoms with Crippen LogP contribution in [-0.2, 0) is 9.47 Å². The standard InChI is InChI=1S/C13H20N2O4/c1-4-17-8-9(3)19-12-11(14)10(6-7-15-12)13(16)18-5-2/h6-7,9H,4-5,8,14H2,1-3H3. The van der Waals surface area contributed by atoms with Gasteiger partial charge in [0.25, 0.3) is 0 Å². The highest BCUT2D eigenvalue weighted by atomic mass is 16.5. The van der Waals surface area contributed by atoms with Crippen LogP contribution in [0.1, 0.15) is 31.1 Å². The van der Waals surface area contributed by atoms with Crippen LogP contribution in [0.2, 0.25) is 0 Å². The number of nitrogens with zero attached hydrogens (tertiary/aromatic N) is 1. The summed E-state index contributed by atoms with van der Waals surface area (Å²) in [4.78, 5) is 15.7. The summed E-state index contributed by atoms with van der Waals surface area (Å²) < 4.78 is 15.7. The first-order chi connectivity index (χ1) is 9.10. The molecule has 1 aromatic rings. The summed E-state index contributed by atoms with van der Waals surface area (Å²) in [6.45, 7) is 6.81. The van der Waals surface area contributed by atoms with Crippen molar-refractivity contribution in [2.45, 2.75) is 26.9 Å². The number of aromatic nitrogens is 1. The smallest absolute Gasteiger partial charge is 0.340 e. The van der Waals surface area contributed by atoms with E-state index in [0.29, 0.717) is 13.2 Å². The van der Waals surface area contributed by atoms with Gasteiger partial charge in [-0.15, -0.1) is 0 Å². The van der Waals surface area contributed by atoms with Gasteiger partial charge in [-0.25, -0.2) is 9.78 Å². The number of pyridine rings is 1. The van der Waals surface area contributed by atoms with Crippen molar-refractivity contribution in [2.24, 2.45) is 0 Å². The lowest BCUT2D eigenvalue weighted by Gasteiger charge is -2.16. The van der Waals surface area contributed by atoms with Gasteiger partial charge in [0.2, 0.25) is 5.88 Å². The number of nitrogen functional groups attached to an aromatic ring is 1. The number of anilines is 1. The number of nitrogens with two attached hydrogens (primary N) is 1. The van der Waals surface area contributed by atoms with E-state index in [-0.39, 0.29) is 29.8 Å². The van der Waals surface area contributed by atoms with Crippen molar-refractivity contribution in [3.05, 3.63) is 17.8 Å². The van der Waals surface area contributed by atoms with E-state index >= 15 is 0 Å². The van der Waals surface area contributed by atoms with E-state index in [1.807, 2.05) is 13.8 Å². The molecule has 0 saturated heterocycles. The normalized spacial score (nSPS) is 11.9. The zero-order valence-corrected chi connectivity index (χ0v) is 11.5. The molecule has 0 aromatic carbocycles. The molecular formula is C13H20N2O4. The van der Waals surface area contributed by atoms with Crippen LogP contribution in [0, 0.1) is 0 Å². The SMILES string of the molecule is CCOCC(C)Oc1nccc(C(=O)OCC)c1N. The molecule has 106 valence electrons. The second-order valence-electron chi connectivity index (χ2n) is 3.89. The third-order valence-corrected chi connectivity index (χ3v) is 2.32. The van der Waals surface area contributed by atoms with E-state index in [4.69, 9.17) is 19.9 Å². The molecule has 19 heavy (non-hydrogen) atoms. The van der Waals surface area contributed by atoms with Crippen LogP contribution in [0.15, 0.2) is 12.3 Å². The largest absolute Gasteiger partial charge is 0.471 e. The number of ether oxygens (including phenoxy) is 3. The van der Waals surface area contributed by atoms with Crippen LogP contribution in [0.5, 0.6) is 5.88 Å². The first-order valence-corrected chi connectivity index (χ1v) is 6.26. The van der Waals surface area contributed by atoms with Gasteiger partial charge >= 0.3 is 5.97 Å². The van der Waals surface area contributed by atoms with Gasteiger partial charge in [0.15, 0.2) is 0 Å². The molecule has 0 bridgehead atoms. The summed E-state index contributed by atoms with van der Waals surface area (Å²) in [6, 6.07) is 1.51. The van der Waals surface area contributed by atoms with Crippen molar-refractivity contribution in [3.8, 4) is 5.88 Å². The molecule has 1 atom stereocenters. The highest BCUT2D eigenvalue weighted by molar-refractivity contribution is 5.96. The van der Waals surface area contributed by atoms with Crippen molar-refractivity contribution >= 4 is 11.7 Å². The second-order valence-corrected chi connectivity index (χ2v) is 3.89. The predicted molar refractivity (Wildman–Crippen MR) is 71.2 cm³/mol. The van der Waals surface area contributed by atoms with Gasteiger partial charge in [0.1, 0.15) is 11.8 Å². The maximum absolute atomic E-state index is 11.7. The highest BCUT2D eigenvalue weighted by Gasteiger charge is 2.17. The summed E-state index contributed by atoms with van der Waals surface area (Å²) in [6.07, 6.45) is 1.26. The molecule has 1 aromatic heterocycles. The maximum Gasteiger partial charge on any atom is 0.340 e. The van der Waals surface area contributed by atoms with Crippen LogP contribution in [0.4, 0.5) is 5.69 Å². The Morgan fingerprint density at radius 2 is 2.16 bits per heavy atom. The van der Waals surface area contributed by atoms with Gasteiger partial charge in [0, 0.05) is 12.8 Å². The molecule has 0 amide bonds. The van der Waals surface area contributed by atoms with Crippen molar-refractivity contribution in [1.82, 2.24) is 4.98 Å².